The normalized spacial score (nSPS) is 18.6. The van der Waals surface area contributed by atoms with Crippen LogP contribution in [0, 0.1) is 0 Å². The van der Waals surface area contributed by atoms with E-state index in [2.05, 4.69) is 48.3 Å². The highest BCUT2D eigenvalue weighted by atomic mass is 16.3. The Balaban J connectivity index is 2.11. The van der Waals surface area contributed by atoms with Crippen molar-refractivity contribution in [3.63, 3.8) is 0 Å². The molecule has 0 aromatic heterocycles. The van der Waals surface area contributed by atoms with Gasteiger partial charge in [0.05, 0.1) is 6.10 Å². The Hall–Kier alpha value is -1.06. The molecular formula is C16H26N2O. The summed E-state index contributed by atoms with van der Waals surface area (Å²) < 4.78 is 0. The summed E-state index contributed by atoms with van der Waals surface area (Å²) in [5.74, 6) is 0. The van der Waals surface area contributed by atoms with Gasteiger partial charge >= 0.3 is 0 Å². The first-order valence-corrected chi connectivity index (χ1v) is 7.47. The van der Waals surface area contributed by atoms with Crippen LogP contribution in [0.1, 0.15) is 44.7 Å². The third-order valence-corrected chi connectivity index (χ3v) is 3.91. The molecule has 1 heterocycles. The van der Waals surface area contributed by atoms with E-state index in [0.29, 0.717) is 6.04 Å². The van der Waals surface area contributed by atoms with E-state index < -0.39 is 0 Å². The van der Waals surface area contributed by atoms with Crippen LogP contribution in [0.5, 0.6) is 0 Å². The highest BCUT2D eigenvalue weighted by Crippen LogP contribution is 2.28. The Bertz CT molecular complexity index is 386. The molecule has 1 fully saturated rings. The van der Waals surface area contributed by atoms with Gasteiger partial charge < -0.3 is 15.3 Å². The fourth-order valence-corrected chi connectivity index (χ4v) is 2.72. The first-order chi connectivity index (χ1) is 9.22. The summed E-state index contributed by atoms with van der Waals surface area (Å²) in [6, 6.07) is 9.02. The second-order valence-electron chi connectivity index (χ2n) is 5.45. The zero-order valence-electron chi connectivity index (χ0n) is 12.1. The van der Waals surface area contributed by atoms with Gasteiger partial charge in [0.15, 0.2) is 0 Å². The van der Waals surface area contributed by atoms with Crippen LogP contribution < -0.4 is 10.2 Å². The summed E-state index contributed by atoms with van der Waals surface area (Å²) in [5, 5.41) is 13.2. The molecule has 106 valence electrons. The largest absolute Gasteiger partial charge is 0.393 e. The Labute approximate surface area is 116 Å². The Morgan fingerprint density at radius 2 is 2.00 bits per heavy atom. The Morgan fingerprint density at radius 1 is 1.32 bits per heavy atom. The van der Waals surface area contributed by atoms with Gasteiger partial charge in [-0.2, -0.15) is 0 Å². The summed E-state index contributed by atoms with van der Waals surface area (Å²) in [4.78, 5) is 2.41. The average molecular weight is 262 g/mol. The van der Waals surface area contributed by atoms with E-state index in [-0.39, 0.29) is 6.10 Å². The van der Waals surface area contributed by atoms with Gasteiger partial charge in [0.2, 0.25) is 0 Å². The SMILES string of the molecule is CCCNC(C)c1ccccc1N1CCC(O)CC1. The number of anilines is 1. The van der Waals surface area contributed by atoms with Crippen LogP contribution in [0.25, 0.3) is 0 Å². The molecule has 0 aliphatic carbocycles. The number of nitrogens with zero attached hydrogens (tertiary/aromatic N) is 1. The summed E-state index contributed by atoms with van der Waals surface area (Å²) in [5.41, 5.74) is 2.69. The van der Waals surface area contributed by atoms with E-state index in [0.717, 1.165) is 38.9 Å². The van der Waals surface area contributed by atoms with E-state index in [1.165, 1.54) is 11.3 Å². The molecule has 0 spiro atoms. The van der Waals surface area contributed by atoms with E-state index in [1.807, 2.05) is 0 Å². The standard InChI is InChI=1S/C16H26N2O/c1-3-10-17-13(2)15-6-4-5-7-16(15)18-11-8-14(19)9-12-18/h4-7,13-14,17,19H,3,8-12H2,1-2H3. The van der Waals surface area contributed by atoms with Gasteiger partial charge in [-0.1, -0.05) is 25.1 Å². The maximum absolute atomic E-state index is 9.63. The van der Waals surface area contributed by atoms with Crippen molar-refractivity contribution in [2.75, 3.05) is 24.5 Å². The van der Waals surface area contributed by atoms with E-state index in [4.69, 9.17) is 0 Å². The summed E-state index contributed by atoms with van der Waals surface area (Å²) >= 11 is 0. The third kappa shape index (κ3) is 3.71. The van der Waals surface area contributed by atoms with Crippen LogP contribution in [0.3, 0.4) is 0 Å². The third-order valence-electron chi connectivity index (χ3n) is 3.91. The summed E-state index contributed by atoms with van der Waals surface area (Å²) in [7, 11) is 0. The molecule has 1 aromatic rings. The summed E-state index contributed by atoms with van der Waals surface area (Å²) in [6.45, 7) is 7.39. The maximum atomic E-state index is 9.63. The minimum atomic E-state index is -0.112. The van der Waals surface area contributed by atoms with Crippen molar-refractivity contribution in [1.29, 1.82) is 0 Å². The molecule has 1 aromatic carbocycles. The molecule has 3 nitrogen and oxygen atoms in total. The van der Waals surface area contributed by atoms with E-state index in [1.54, 1.807) is 0 Å². The average Bonchev–Trinajstić information content (AvgIpc) is 2.45. The molecule has 1 aliphatic heterocycles. The second-order valence-corrected chi connectivity index (χ2v) is 5.45. The fraction of sp³-hybridized carbons (Fsp3) is 0.625. The van der Waals surface area contributed by atoms with Crippen LogP contribution in [-0.4, -0.2) is 30.8 Å². The number of hydrogen-bond acceptors (Lipinski definition) is 3. The highest BCUT2D eigenvalue weighted by molar-refractivity contribution is 5.55. The van der Waals surface area contributed by atoms with Crippen LogP contribution in [-0.2, 0) is 0 Å². The molecule has 1 atom stereocenters. The minimum absolute atomic E-state index is 0.112. The molecule has 2 N–H and O–H groups in total. The number of piperidine rings is 1. The van der Waals surface area contributed by atoms with Gasteiger partial charge in [-0.15, -0.1) is 0 Å². The highest BCUT2D eigenvalue weighted by Gasteiger charge is 2.20. The molecule has 0 saturated carbocycles. The van der Waals surface area contributed by atoms with Gasteiger partial charge in [0, 0.05) is 24.8 Å². The lowest BCUT2D eigenvalue weighted by atomic mass is 10.0. The molecule has 0 amide bonds. The minimum Gasteiger partial charge on any atom is -0.393 e. The number of para-hydroxylation sites is 1. The molecule has 2 rings (SSSR count). The number of rotatable bonds is 5. The predicted molar refractivity (Wildman–Crippen MR) is 80.6 cm³/mol. The van der Waals surface area contributed by atoms with E-state index in [9.17, 15) is 5.11 Å². The first-order valence-electron chi connectivity index (χ1n) is 7.47. The lowest BCUT2D eigenvalue weighted by Crippen LogP contribution is -2.37. The molecule has 1 aliphatic rings. The molecule has 19 heavy (non-hydrogen) atoms. The molecule has 1 unspecified atom stereocenters. The van der Waals surface area contributed by atoms with Crippen molar-refractivity contribution in [2.45, 2.75) is 45.3 Å². The van der Waals surface area contributed by atoms with Gasteiger partial charge in [-0.3, -0.25) is 0 Å². The lowest BCUT2D eigenvalue weighted by molar-refractivity contribution is 0.145. The van der Waals surface area contributed by atoms with Gasteiger partial charge in [-0.25, -0.2) is 0 Å². The van der Waals surface area contributed by atoms with Gasteiger partial charge in [0.25, 0.3) is 0 Å². The van der Waals surface area contributed by atoms with Crippen molar-refractivity contribution >= 4 is 5.69 Å². The zero-order valence-corrected chi connectivity index (χ0v) is 12.1. The first kappa shape index (κ1) is 14.4. The summed E-state index contributed by atoms with van der Waals surface area (Å²) in [6.07, 6.45) is 2.80. The van der Waals surface area contributed by atoms with Crippen molar-refractivity contribution in [2.24, 2.45) is 0 Å². The number of aliphatic hydroxyl groups excluding tert-OH is 1. The second kappa shape index (κ2) is 6.92. The van der Waals surface area contributed by atoms with Gasteiger partial charge in [-0.05, 0) is 44.4 Å². The molecule has 3 heteroatoms. The quantitative estimate of drug-likeness (QED) is 0.856. The molecule has 0 bridgehead atoms. The zero-order chi connectivity index (χ0) is 13.7. The van der Waals surface area contributed by atoms with E-state index >= 15 is 0 Å². The fourth-order valence-electron chi connectivity index (χ4n) is 2.72. The monoisotopic (exact) mass is 262 g/mol. The molecule has 0 radical (unpaired) electrons. The van der Waals surface area contributed by atoms with Crippen molar-refractivity contribution in [3.8, 4) is 0 Å². The topological polar surface area (TPSA) is 35.5 Å². The van der Waals surface area contributed by atoms with Crippen LogP contribution in [0.15, 0.2) is 24.3 Å². The number of hydrogen-bond donors (Lipinski definition) is 2. The maximum Gasteiger partial charge on any atom is 0.0574 e. The number of benzene rings is 1. The smallest absolute Gasteiger partial charge is 0.0574 e. The predicted octanol–water partition coefficient (Wildman–Crippen LogP) is 2.71. The lowest BCUT2D eigenvalue weighted by Gasteiger charge is -2.34. The Kier molecular flexibility index (Phi) is 5.23. The van der Waals surface area contributed by atoms with Gasteiger partial charge in [0.1, 0.15) is 0 Å². The molecular weight excluding hydrogens is 236 g/mol. The van der Waals surface area contributed by atoms with Crippen molar-refractivity contribution in [3.05, 3.63) is 29.8 Å². The van der Waals surface area contributed by atoms with Crippen LogP contribution in [0.2, 0.25) is 0 Å². The Morgan fingerprint density at radius 3 is 2.68 bits per heavy atom. The number of nitrogens with one attached hydrogen (secondary N) is 1. The van der Waals surface area contributed by atoms with Crippen LogP contribution in [0.4, 0.5) is 5.69 Å². The van der Waals surface area contributed by atoms with Crippen LogP contribution >= 0.6 is 0 Å². The van der Waals surface area contributed by atoms with Crippen molar-refractivity contribution in [1.82, 2.24) is 5.32 Å². The molecule has 1 saturated heterocycles. The van der Waals surface area contributed by atoms with Crippen molar-refractivity contribution < 1.29 is 5.11 Å². The number of aliphatic hydroxyl groups is 1.